The van der Waals surface area contributed by atoms with Crippen LogP contribution in [0.4, 0.5) is 14.5 Å². The monoisotopic (exact) mass is 311 g/mol. The van der Waals surface area contributed by atoms with Gasteiger partial charge in [-0.05, 0) is 31.2 Å². The summed E-state index contributed by atoms with van der Waals surface area (Å²) in [5, 5.41) is 0.150. The predicted octanol–water partition coefficient (Wildman–Crippen LogP) is 3.87. The van der Waals surface area contributed by atoms with Gasteiger partial charge in [-0.3, -0.25) is 0 Å². The molecule has 110 valence electrons. The minimum absolute atomic E-state index is 0.00818. The van der Waals surface area contributed by atoms with E-state index in [9.17, 15) is 13.6 Å². The lowest BCUT2D eigenvalue weighted by atomic mass is 10.1. The summed E-state index contributed by atoms with van der Waals surface area (Å²) < 4.78 is 31.4. The first-order valence-corrected chi connectivity index (χ1v) is 6.43. The number of carbonyl (C=O) groups is 1. The van der Waals surface area contributed by atoms with E-state index in [0.717, 1.165) is 12.1 Å². The molecule has 2 rings (SSSR count). The zero-order valence-corrected chi connectivity index (χ0v) is 11.9. The van der Waals surface area contributed by atoms with Crippen molar-refractivity contribution >= 4 is 23.3 Å². The molecule has 0 bridgehead atoms. The first kappa shape index (κ1) is 15.3. The molecule has 3 nitrogen and oxygen atoms in total. The Kier molecular flexibility index (Phi) is 4.43. The van der Waals surface area contributed by atoms with E-state index in [1.165, 1.54) is 25.1 Å². The summed E-state index contributed by atoms with van der Waals surface area (Å²) in [6.45, 7) is 1.37. The van der Waals surface area contributed by atoms with Crippen LogP contribution in [0.3, 0.4) is 0 Å². The van der Waals surface area contributed by atoms with E-state index in [1.807, 2.05) is 0 Å². The van der Waals surface area contributed by atoms with E-state index in [4.69, 9.17) is 22.1 Å². The fraction of sp³-hybridized carbons (Fsp3) is 0.133. The molecule has 2 aromatic carbocycles. The summed E-state index contributed by atoms with van der Waals surface area (Å²) >= 11 is 5.82. The number of nitrogen functional groups attached to an aromatic ring is 1. The highest BCUT2D eigenvalue weighted by Gasteiger charge is 2.13. The predicted molar refractivity (Wildman–Crippen MR) is 76.1 cm³/mol. The minimum atomic E-state index is -0.735. The van der Waals surface area contributed by atoms with Crippen LogP contribution in [0.25, 0.3) is 0 Å². The fourth-order valence-electron chi connectivity index (χ4n) is 1.68. The fourth-order valence-corrected chi connectivity index (χ4v) is 1.91. The average Bonchev–Trinajstić information content (AvgIpc) is 2.43. The van der Waals surface area contributed by atoms with Gasteiger partial charge in [-0.25, -0.2) is 13.6 Å². The molecule has 0 aliphatic carbocycles. The Morgan fingerprint density at radius 1 is 1.29 bits per heavy atom. The van der Waals surface area contributed by atoms with Crippen molar-refractivity contribution in [2.75, 3.05) is 5.73 Å². The number of nitrogens with two attached hydrogens (primary N) is 1. The number of hydrogen-bond acceptors (Lipinski definition) is 3. The third kappa shape index (κ3) is 3.49. The van der Waals surface area contributed by atoms with Gasteiger partial charge in [0.05, 0.1) is 10.6 Å². The molecule has 0 fully saturated rings. The summed E-state index contributed by atoms with van der Waals surface area (Å²) in [6.07, 6.45) is 0. The Hall–Kier alpha value is -2.14. The largest absolute Gasteiger partial charge is 0.457 e. The highest BCUT2D eigenvalue weighted by Crippen LogP contribution is 2.21. The van der Waals surface area contributed by atoms with Gasteiger partial charge in [-0.1, -0.05) is 17.7 Å². The van der Waals surface area contributed by atoms with Crippen LogP contribution in [-0.2, 0) is 11.3 Å². The van der Waals surface area contributed by atoms with Crippen molar-refractivity contribution in [1.29, 1.82) is 0 Å². The van der Waals surface area contributed by atoms with Gasteiger partial charge in [0.1, 0.15) is 18.2 Å². The normalized spacial score (nSPS) is 10.5. The van der Waals surface area contributed by atoms with E-state index >= 15 is 0 Å². The maximum absolute atomic E-state index is 13.5. The molecule has 0 amide bonds. The van der Waals surface area contributed by atoms with Crippen molar-refractivity contribution in [2.45, 2.75) is 13.5 Å². The third-order valence-electron chi connectivity index (χ3n) is 2.99. The smallest absolute Gasteiger partial charge is 0.338 e. The molecule has 0 heterocycles. The quantitative estimate of drug-likeness (QED) is 0.691. The molecule has 2 N–H and O–H groups in total. The number of halogens is 3. The molecule has 0 aliphatic heterocycles. The number of hydrogen-bond donors (Lipinski definition) is 1. The second-order valence-electron chi connectivity index (χ2n) is 4.48. The van der Waals surface area contributed by atoms with Gasteiger partial charge in [-0.15, -0.1) is 0 Å². The highest BCUT2D eigenvalue weighted by atomic mass is 35.5. The van der Waals surface area contributed by atoms with E-state index in [0.29, 0.717) is 5.56 Å². The number of ether oxygens (including phenoxy) is 1. The second kappa shape index (κ2) is 6.10. The number of carbonyl (C=O) groups excluding carboxylic acids is 1. The van der Waals surface area contributed by atoms with Crippen LogP contribution in [0.1, 0.15) is 21.5 Å². The van der Waals surface area contributed by atoms with Crippen LogP contribution < -0.4 is 5.73 Å². The lowest BCUT2D eigenvalue weighted by Crippen LogP contribution is -2.08. The maximum Gasteiger partial charge on any atom is 0.338 e. The van der Waals surface area contributed by atoms with Crippen LogP contribution in [0.2, 0.25) is 5.02 Å². The van der Waals surface area contributed by atoms with Crippen LogP contribution in [0.5, 0.6) is 0 Å². The number of benzene rings is 2. The minimum Gasteiger partial charge on any atom is -0.457 e. The lowest BCUT2D eigenvalue weighted by Gasteiger charge is -2.09. The molecule has 0 saturated carbocycles. The van der Waals surface area contributed by atoms with E-state index < -0.39 is 17.6 Å². The van der Waals surface area contributed by atoms with Crippen molar-refractivity contribution in [1.82, 2.24) is 0 Å². The molecule has 0 aliphatic rings. The first-order chi connectivity index (χ1) is 9.88. The molecule has 2 aromatic rings. The summed E-state index contributed by atoms with van der Waals surface area (Å²) in [4.78, 5) is 11.9. The number of anilines is 1. The second-order valence-corrected chi connectivity index (χ2v) is 4.89. The van der Waals surface area contributed by atoms with Crippen LogP contribution >= 0.6 is 11.6 Å². The number of rotatable bonds is 3. The van der Waals surface area contributed by atoms with Crippen molar-refractivity contribution in [3.05, 3.63) is 63.7 Å². The summed E-state index contributed by atoms with van der Waals surface area (Å²) in [5.74, 6) is -1.80. The van der Waals surface area contributed by atoms with E-state index in [2.05, 4.69) is 0 Å². The lowest BCUT2D eigenvalue weighted by molar-refractivity contribution is 0.0472. The van der Waals surface area contributed by atoms with Crippen LogP contribution in [0.15, 0.2) is 30.3 Å². The molecule has 0 aromatic heterocycles. The van der Waals surface area contributed by atoms with E-state index in [-0.39, 0.29) is 28.4 Å². The summed E-state index contributed by atoms with van der Waals surface area (Å²) in [5.41, 5.74) is 6.50. The molecule has 0 spiro atoms. The molecular formula is C15H12ClF2NO2. The first-order valence-electron chi connectivity index (χ1n) is 6.05. The van der Waals surface area contributed by atoms with Gasteiger partial charge in [0.25, 0.3) is 0 Å². The Morgan fingerprint density at radius 2 is 2.00 bits per heavy atom. The number of esters is 1. The molecule has 6 heteroatoms. The third-order valence-corrected chi connectivity index (χ3v) is 3.35. The van der Waals surface area contributed by atoms with Crippen molar-refractivity contribution in [3.63, 3.8) is 0 Å². The molecule has 0 unspecified atom stereocenters. The topological polar surface area (TPSA) is 52.3 Å². The SMILES string of the molecule is Cc1c(N)cc(C(=O)OCc2ccc(F)cc2Cl)cc1F. The van der Waals surface area contributed by atoms with Gasteiger partial charge in [-0.2, -0.15) is 0 Å². The summed E-state index contributed by atoms with van der Waals surface area (Å²) in [6, 6.07) is 6.13. The standard InChI is InChI=1S/C15H12ClF2NO2/c1-8-13(18)4-10(5-14(8)19)15(20)21-7-9-2-3-11(17)6-12(9)16/h2-6H,7,19H2,1H3. The molecule has 0 radical (unpaired) electrons. The van der Waals surface area contributed by atoms with Gasteiger partial charge in [0.15, 0.2) is 0 Å². The molecule has 21 heavy (non-hydrogen) atoms. The molecular weight excluding hydrogens is 300 g/mol. The Balaban J connectivity index is 2.12. The Bertz CT molecular complexity index is 681. The van der Waals surface area contributed by atoms with Gasteiger partial charge < -0.3 is 10.5 Å². The highest BCUT2D eigenvalue weighted by molar-refractivity contribution is 6.31. The van der Waals surface area contributed by atoms with Gasteiger partial charge in [0, 0.05) is 16.8 Å². The van der Waals surface area contributed by atoms with Gasteiger partial charge in [0.2, 0.25) is 0 Å². The Morgan fingerprint density at radius 3 is 2.62 bits per heavy atom. The van der Waals surface area contributed by atoms with Crippen molar-refractivity contribution in [2.24, 2.45) is 0 Å². The van der Waals surface area contributed by atoms with E-state index in [1.54, 1.807) is 0 Å². The van der Waals surface area contributed by atoms with Crippen molar-refractivity contribution in [3.8, 4) is 0 Å². The molecule has 0 atom stereocenters. The zero-order valence-electron chi connectivity index (χ0n) is 11.1. The van der Waals surface area contributed by atoms with Crippen LogP contribution in [-0.4, -0.2) is 5.97 Å². The average molecular weight is 312 g/mol. The maximum atomic E-state index is 13.5. The molecule has 0 saturated heterocycles. The van der Waals surface area contributed by atoms with Gasteiger partial charge >= 0.3 is 5.97 Å². The van der Waals surface area contributed by atoms with Crippen molar-refractivity contribution < 1.29 is 18.3 Å². The van der Waals surface area contributed by atoms with Crippen LogP contribution in [0, 0.1) is 18.6 Å². The Labute approximate surface area is 125 Å². The summed E-state index contributed by atoms with van der Waals surface area (Å²) in [7, 11) is 0. The zero-order chi connectivity index (χ0) is 15.6.